The van der Waals surface area contributed by atoms with E-state index in [1.54, 1.807) is 5.57 Å². The van der Waals surface area contributed by atoms with Crippen LogP contribution in [0.3, 0.4) is 0 Å². The molecule has 0 aromatic heterocycles. The van der Waals surface area contributed by atoms with E-state index in [2.05, 4.69) is 74.5 Å². The van der Waals surface area contributed by atoms with Gasteiger partial charge in [-0.15, -0.1) is 0 Å². The molecule has 0 N–H and O–H groups in total. The van der Waals surface area contributed by atoms with Crippen molar-refractivity contribution in [2.75, 3.05) is 13.2 Å². The molecule has 0 atom stereocenters. The number of rotatable bonds is 16. The summed E-state index contributed by atoms with van der Waals surface area (Å²) in [4.78, 5) is 0. The van der Waals surface area contributed by atoms with Gasteiger partial charge in [0.15, 0.2) is 5.79 Å². The van der Waals surface area contributed by atoms with Gasteiger partial charge in [0.05, 0.1) is 13.2 Å². The molecule has 28 heavy (non-hydrogen) atoms. The number of ether oxygens (including phenoxy) is 2. The summed E-state index contributed by atoms with van der Waals surface area (Å²) in [5, 5.41) is 0. The second-order valence-electron chi connectivity index (χ2n) is 10.0. The van der Waals surface area contributed by atoms with Gasteiger partial charge in [-0.3, -0.25) is 0 Å². The molecule has 2 heteroatoms. The van der Waals surface area contributed by atoms with Gasteiger partial charge in [-0.1, -0.05) is 71.3 Å². The average Bonchev–Trinajstić information content (AvgIpc) is 2.58. The van der Waals surface area contributed by atoms with Crippen molar-refractivity contribution < 1.29 is 9.47 Å². The van der Waals surface area contributed by atoms with Gasteiger partial charge in [-0.05, 0) is 70.6 Å². The second kappa shape index (κ2) is 15.3. The molecular formula is C26H50O2. The van der Waals surface area contributed by atoms with Gasteiger partial charge in [-0.25, -0.2) is 0 Å². The molecule has 0 aromatic rings. The summed E-state index contributed by atoms with van der Waals surface area (Å²) in [7, 11) is 0. The average molecular weight is 395 g/mol. The van der Waals surface area contributed by atoms with E-state index in [-0.39, 0.29) is 0 Å². The third-order valence-electron chi connectivity index (χ3n) is 4.92. The first-order valence-electron chi connectivity index (χ1n) is 11.6. The van der Waals surface area contributed by atoms with Crippen LogP contribution in [0.5, 0.6) is 0 Å². The lowest BCUT2D eigenvalue weighted by Gasteiger charge is -2.31. The zero-order valence-corrected chi connectivity index (χ0v) is 20.6. The number of hydrogen-bond donors (Lipinski definition) is 0. The van der Waals surface area contributed by atoms with Crippen molar-refractivity contribution >= 4 is 0 Å². The Balaban J connectivity index is 4.36. The van der Waals surface area contributed by atoms with Gasteiger partial charge in [0, 0.05) is 6.42 Å². The Labute approximate surface area is 177 Å². The van der Waals surface area contributed by atoms with E-state index in [1.165, 1.54) is 24.8 Å². The van der Waals surface area contributed by atoms with Crippen LogP contribution < -0.4 is 0 Å². The summed E-state index contributed by atoms with van der Waals surface area (Å²) in [5.41, 5.74) is 3.02. The van der Waals surface area contributed by atoms with Crippen molar-refractivity contribution in [3.8, 4) is 0 Å². The molecule has 0 saturated carbocycles. The Bertz CT molecular complexity index is 431. The van der Waals surface area contributed by atoms with Crippen LogP contribution in [-0.4, -0.2) is 19.0 Å². The highest BCUT2D eigenvalue weighted by Gasteiger charge is 2.25. The zero-order valence-electron chi connectivity index (χ0n) is 20.6. The predicted molar refractivity (Wildman–Crippen MR) is 125 cm³/mol. The van der Waals surface area contributed by atoms with Crippen LogP contribution in [0.15, 0.2) is 23.3 Å². The van der Waals surface area contributed by atoms with Gasteiger partial charge in [0.25, 0.3) is 0 Å². The molecule has 0 aromatic carbocycles. The highest BCUT2D eigenvalue weighted by molar-refractivity contribution is 5.03. The lowest BCUT2D eigenvalue weighted by Crippen LogP contribution is -2.35. The van der Waals surface area contributed by atoms with Crippen LogP contribution >= 0.6 is 0 Å². The molecule has 0 aliphatic rings. The van der Waals surface area contributed by atoms with E-state index >= 15 is 0 Å². The fourth-order valence-corrected chi connectivity index (χ4v) is 2.99. The fraction of sp³-hybridized carbons (Fsp3) is 0.846. The van der Waals surface area contributed by atoms with E-state index in [0.717, 1.165) is 44.8 Å². The van der Waals surface area contributed by atoms with Crippen LogP contribution in [0.25, 0.3) is 0 Å². The van der Waals surface area contributed by atoms with Crippen molar-refractivity contribution in [3.05, 3.63) is 23.3 Å². The summed E-state index contributed by atoms with van der Waals surface area (Å²) < 4.78 is 12.3. The molecule has 0 spiro atoms. The highest BCUT2D eigenvalue weighted by atomic mass is 16.7. The molecule has 0 saturated heterocycles. The first kappa shape index (κ1) is 27.4. The Kier molecular flexibility index (Phi) is 14.9. The summed E-state index contributed by atoms with van der Waals surface area (Å²) in [6.07, 6.45) is 12.9. The summed E-state index contributed by atoms with van der Waals surface area (Å²) in [6, 6.07) is 0. The van der Waals surface area contributed by atoms with E-state index in [0.29, 0.717) is 11.8 Å². The summed E-state index contributed by atoms with van der Waals surface area (Å²) >= 11 is 0. The van der Waals surface area contributed by atoms with Crippen molar-refractivity contribution in [3.63, 3.8) is 0 Å². The first-order valence-corrected chi connectivity index (χ1v) is 11.6. The van der Waals surface area contributed by atoms with Crippen LogP contribution in [0, 0.1) is 17.8 Å². The van der Waals surface area contributed by atoms with Crippen molar-refractivity contribution in [2.24, 2.45) is 17.8 Å². The minimum Gasteiger partial charge on any atom is -0.350 e. The summed E-state index contributed by atoms with van der Waals surface area (Å²) in [5.74, 6) is 1.39. The number of allylic oxidation sites excluding steroid dienone is 4. The Morgan fingerprint density at radius 1 is 0.750 bits per heavy atom. The monoisotopic (exact) mass is 394 g/mol. The van der Waals surface area contributed by atoms with Crippen molar-refractivity contribution in [1.29, 1.82) is 0 Å². The van der Waals surface area contributed by atoms with E-state index in [9.17, 15) is 0 Å². The molecule has 0 unspecified atom stereocenters. The quantitative estimate of drug-likeness (QED) is 0.193. The van der Waals surface area contributed by atoms with Crippen LogP contribution in [0.2, 0.25) is 0 Å². The largest absolute Gasteiger partial charge is 0.350 e. The van der Waals surface area contributed by atoms with E-state index in [4.69, 9.17) is 9.47 Å². The summed E-state index contributed by atoms with van der Waals surface area (Å²) in [6.45, 7) is 21.5. The molecule has 0 aliphatic carbocycles. The van der Waals surface area contributed by atoms with Gasteiger partial charge in [-0.2, -0.15) is 0 Å². The second-order valence-corrected chi connectivity index (χ2v) is 10.0. The lowest BCUT2D eigenvalue weighted by atomic mass is 10.0. The van der Waals surface area contributed by atoms with E-state index in [1.807, 2.05) is 0 Å². The van der Waals surface area contributed by atoms with Crippen LogP contribution in [0.4, 0.5) is 0 Å². The maximum absolute atomic E-state index is 6.13. The standard InChI is InChI=1S/C26H50O2/c1-21(2)13-10-14-24(7)15-11-16-25(8)17-12-18-26(9,27-19-22(3)4)28-20-23(5)6/h15,17,21-23H,10-14,16,18-20H2,1-9H3/b24-15+,25-17+. The normalized spacial score (nSPS) is 14.0. The minimum atomic E-state index is -0.474. The molecule has 0 radical (unpaired) electrons. The Morgan fingerprint density at radius 3 is 1.75 bits per heavy atom. The SMILES string of the molecule is C/C(=C\CCC(C)(OCC(C)C)OCC(C)C)CC/C=C(\C)CCCC(C)C. The molecule has 0 amide bonds. The molecular weight excluding hydrogens is 344 g/mol. The van der Waals surface area contributed by atoms with Gasteiger partial charge >= 0.3 is 0 Å². The van der Waals surface area contributed by atoms with Crippen molar-refractivity contribution in [2.45, 2.75) is 113 Å². The first-order chi connectivity index (χ1) is 13.0. The molecule has 0 fully saturated rings. The zero-order chi connectivity index (χ0) is 21.6. The molecule has 2 nitrogen and oxygen atoms in total. The fourth-order valence-electron chi connectivity index (χ4n) is 2.99. The molecule has 166 valence electrons. The third kappa shape index (κ3) is 16.4. The third-order valence-corrected chi connectivity index (χ3v) is 4.92. The Morgan fingerprint density at radius 2 is 1.25 bits per heavy atom. The van der Waals surface area contributed by atoms with Gasteiger partial charge < -0.3 is 9.47 Å². The van der Waals surface area contributed by atoms with Crippen molar-refractivity contribution in [1.82, 2.24) is 0 Å². The highest BCUT2D eigenvalue weighted by Crippen LogP contribution is 2.23. The smallest absolute Gasteiger partial charge is 0.165 e. The topological polar surface area (TPSA) is 18.5 Å². The lowest BCUT2D eigenvalue weighted by molar-refractivity contribution is -0.237. The predicted octanol–water partition coefficient (Wildman–Crippen LogP) is 8.33. The number of hydrogen-bond acceptors (Lipinski definition) is 2. The maximum atomic E-state index is 6.13. The minimum absolute atomic E-state index is 0.474. The maximum Gasteiger partial charge on any atom is 0.165 e. The van der Waals surface area contributed by atoms with E-state index < -0.39 is 5.79 Å². The molecule has 0 heterocycles. The molecule has 0 bridgehead atoms. The van der Waals surface area contributed by atoms with Gasteiger partial charge in [0.2, 0.25) is 0 Å². The van der Waals surface area contributed by atoms with Crippen LogP contribution in [0.1, 0.15) is 107 Å². The van der Waals surface area contributed by atoms with Crippen LogP contribution in [-0.2, 0) is 9.47 Å². The molecule has 0 rings (SSSR count). The van der Waals surface area contributed by atoms with Gasteiger partial charge in [0.1, 0.15) is 0 Å². The Hall–Kier alpha value is -0.600. The molecule has 0 aliphatic heterocycles.